The van der Waals surface area contributed by atoms with Gasteiger partial charge in [-0.1, -0.05) is 0 Å². The second-order valence-corrected chi connectivity index (χ2v) is 3.55. The normalized spacial score (nSPS) is 10.1. The van der Waals surface area contributed by atoms with Crippen molar-refractivity contribution in [1.82, 2.24) is 0 Å². The standard InChI is InChI=1S/CH4N2S.2H2O4S/c2-1(3)4;2*1-5(2,3)4/h(H4,2,3,4);2*(H2,1,2,3,4). The quantitative estimate of drug-likeness (QED) is 0.119. The molecule has 0 rings (SSSR count). The molecule has 0 aliphatic heterocycles. The highest BCUT2D eigenvalue weighted by Gasteiger charge is 1.85. The van der Waals surface area contributed by atoms with Crippen LogP contribution in [0.2, 0.25) is 0 Å². The van der Waals surface area contributed by atoms with E-state index in [0.717, 1.165) is 0 Å². The van der Waals surface area contributed by atoms with Gasteiger partial charge in [0.15, 0.2) is 0 Å². The highest BCUT2D eigenvalue weighted by atomic mass is 32.3. The Bertz CT molecular complexity index is 289. The highest BCUT2D eigenvalue weighted by Crippen LogP contribution is 1.59. The van der Waals surface area contributed by atoms with Crippen LogP contribution >= 0.6 is 12.6 Å². The number of amidine groups is 1. The van der Waals surface area contributed by atoms with Crippen LogP contribution in [0.4, 0.5) is 0 Å². The van der Waals surface area contributed by atoms with Gasteiger partial charge in [0.1, 0.15) is 5.17 Å². The summed E-state index contributed by atoms with van der Waals surface area (Å²) in [5.74, 6) is 0. The molecular weight excluding hydrogens is 264 g/mol. The predicted octanol–water partition coefficient (Wildman–Crippen LogP) is -1.50. The van der Waals surface area contributed by atoms with Gasteiger partial charge < -0.3 is 5.73 Å². The first-order valence-electron chi connectivity index (χ1n) is 2.16. The molecule has 0 saturated carbocycles. The van der Waals surface area contributed by atoms with E-state index in [2.05, 4.69) is 18.4 Å². The predicted molar refractivity (Wildman–Crippen MR) is 49.3 cm³/mol. The lowest BCUT2D eigenvalue weighted by atomic mass is 11.4. The molecule has 0 fully saturated rings. The molecule has 0 aliphatic carbocycles. The molecule has 88 valence electrons. The Hall–Kier alpha value is -0.440. The van der Waals surface area contributed by atoms with E-state index in [1.54, 1.807) is 0 Å². The number of thiol groups is 1. The Balaban J connectivity index is -0.000000131. The summed E-state index contributed by atoms with van der Waals surface area (Å²) in [5, 5.41) is 6.00. The average Bonchev–Trinajstić information content (AvgIpc) is 1.45. The van der Waals surface area contributed by atoms with E-state index in [4.69, 9.17) is 40.5 Å². The van der Waals surface area contributed by atoms with E-state index in [1.165, 1.54) is 0 Å². The van der Waals surface area contributed by atoms with Crippen molar-refractivity contribution in [3.8, 4) is 0 Å². The van der Waals surface area contributed by atoms with E-state index in [-0.39, 0.29) is 5.17 Å². The van der Waals surface area contributed by atoms with Gasteiger partial charge in [0.05, 0.1) is 0 Å². The molecule has 0 aromatic rings. The summed E-state index contributed by atoms with van der Waals surface area (Å²) in [5.41, 5.74) is 4.56. The highest BCUT2D eigenvalue weighted by molar-refractivity contribution is 7.96. The molecule has 7 N–H and O–H groups in total. The molecule has 0 aliphatic rings. The number of nitrogens with one attached hydrogen (secondary N) is 1. The summed E-state index contributed by atoms with van der Waals surface area (Å²) in [6.45, 7) is 0. The first-order valence-corrected chi connectivity index (χ1v) is 5.40. The Labute approximate surface area is 85.2 Å². The lowest BCUT2D eigenvalue weighted by Gasteiger charge is -1.68. The maximum absolute atomic E-state index is 8.74. The van der Waals surface area contributed by atoms with Crippen molar-refractivity contribution in [3.63, 3.8) is 0 Å². The summed E-state index contributed by atoms with van der Waals surface area (Å²) < 4.78 is 63.2. The average molecular weight is 272 g/mol. The number of rotatable bonds is 0. The molecule has 0 heterocycles. The fraction of sp³-hybridized carbons (Fsp3) is 0. The van der Waals surface area contributed by atoms with Crippen molar-refractivity contribution in [2.24, 2.45) is 5.73 Å². The third-order valence-electron chi connectivity index (χ3n) is 0. The second-order valence-electron chi connectivity index (χ2n) is 1.28. The Morgan fingerprint density at radius 2 is 1.00 bits per heavy atom. The van der Waals surface area contributed by atoms with Gasteiger partial charge in [-0.3, -0.25) is 23.6 Å². The van der Waals surface area contributed by atoms with Crippen LogP contribution in [0.25, 0.3) is 0 Å². The van der Waals surface area contributed by atoms with Crippen LogP contribution in [0.3, 0.4) is 0 Å². The van der Waals surface area contributed by atoms with Gasteiger partial charge >= 0.3 is 20.8 Å². The van der Waals surface area contributed by atoms with Crippen molar-refractivity contribution in [2.75, 3.05) is 0 Å². The molecule has 14 heavy (non-hydrogen) atoms. The van der Waals surface area contributed by atoms with Crippen LogP contribution in [0, 0.1) is 5.41 Å². The Kier molecular flexibility index (Phi) is 10.8. The summed E-state index contributed by atoms with van der Waals surface area (Å²) in [4.78, 5) is 0. The van der Waals surface area contributed by atoms with Crippen molar-refractivity contribution >= 4 is 38.6 Å². The number of nitrogens with two attached hydrogens (primary N) is 1. The topological polar surface area (TPSA) is 199 Å². The van der Waals surface area contributed by atoms with Crippen LogP contribution in [0.5, 0.6) is 0 Å². The molecule has 0 amide bonds. The molecule has 0 saturated heterocycles. The van der Waals surface area contributed by atoms with Crippen LogP contribution in [0.15, 0.2) is 0 Å². The zero-order valence-electron chi connectivity index (χ0n) is 6.26. The zero-order chi connectivity index (χ0) is 12.6. The van der Waals surface area contributed by atoms with Gasteiger partial charge in [0.2, 0.25) is 0 Å². The molecular formula is CH8N2O8S3. The smallest absolute Gasteiger partial charge is 0.379 e. The fourth-order valence-corrected chi connectivity index (χ4v) is 0. The molecule has 10 nitrogen and oxygen atoms in total. The first kappa shape index (κ1) is 19.2. The Morgan fingerprint density at radius 3 is 1.00 bits per heavy atom. The molecule has 0 spiro atoms. The molecule has 0 atom stereocenters. The van der Waals surface area contributed by atoms with E-state index in [1.807, 2.05) is 0 Å². The maximum Gasteiger partial charge on any atom is 0.394 e. The van der Waals surface area contributed by atoms with Crippen molar-refractivity contribution in [3.05, 3.63) is 0 Å². The zero-order valence-corrected chi connectivity index (χ0v) is 8.79. The van der Waals surface area contributed by atoms with Crippen molar-refractivity contribution in [2.45, 2.75) is 0 Å². The van der Waals surface area contributed by atoms with Crippen LogP contribution in [-0.2, 0) is 20.8 Å². The third kappa shape index (κ3) is 6660. The van der Waals surface area contributed by atoms with E-state index in [0.29, 0.717) is 0 Å². The lowest BCUT2D eigenvalue weighted by Crippen LogP contribution is -1.96. The minimum absolute atomic E-state index is 0.139. The van der Waals surface area contributed by atoms with Crippen molar-refractivity contribution < 1.29 is 35.0 Å². The van der Waals surface area contributed by atoms with Gasteiger partial charge in [-0.25, -0.2) is 0 Å². The third-order valence-corrected chi connectivity index (χ3v) is 0. The molecule has 0 aromatic carbocycles. The van der Waals surface area contributed by atoms with Crippen molar-refractivity contribution in [1.29, 1.82) is 5.41 Å². The molecule has 0 bridgehead atoms. The summed E-state index contributed by atoms with van der Waals surface area (Å²) in [6, 6.07) is 0. The van der Waals surface area contributed by atoms with Gasteiger partial charge in [-0.15, -0.1) is 12.6 Å². The second kappa shape index (κ2) is 7.92. The minimum Gasteiger partial charge on any atom is -0.379 e. The summed E-state index contributed by atoms with van der Waals surface area (Å²) in [7, 11) is -9.33. The van der Waals surface area contributed by atoms with Crippen LogP contribution in [-0.4, -0.2) is 40.2 Å². The SMILES string of the molecule is N=C(N)S.O=S(=O)(O)O.O=S(=O)(O)O. The van der Waals surface area contributed by atoms with Gasteiger partial charge in [-0.05, 0) is 0 Å². The Morgan fingerprint density at radius 1 is 1.00 bits per heavy atom. The fourth-order valence-electron chi connectivity index (χ4n) is 0. The van der Waals surface area contributed by atoms with E-state index < -0.39 is 20.8 Å². The van der Waals surface area contributed by atoms with Gasteiger partial charge in [-0.2, -0.15) is 16.8 Å². The monoisotopic (exact) mass is 272 g/mol. The van der Waals surface area contributed by atoms with Crippen LogP contribution in [0.1, 0.15) is 0 Å². The molecule has 13 heteroatoms. The summed E-state index contributed by atoms with van der Waals surface area (Å²) in [6.07, 6.45) is 0. The molecule has 0 radical (unpaired) electrons. The summed E-state index contributed by atoms with van der Waals surface area (Å²) >= 11 is 3.33. The lowest BCUT2D eigenvalue weighted by molar-refractivity contribution is 0.378. The largest absolute Gasteiger partial charge is 0.394 e. The molecule has 0 aromatic heterocycles. The van der Waals surface area contributed by atoms with Gasteiger partial charge in [0.25, 0.3) is 0 Å². The van der Waals surface area contributed by atoms with Crippen LogP contribution < -0.4 is 5.73 Å². The number of hydrogen-bond acceptors (Lipinski definition) is 5. The van der Waals surface area contributed by atoms with E-state index in [9.17, 15) is 0 Å². The first-order chi connectivity index (χ1) is 5.73. The molecule has 0 unspecified atom stereocenters. The number of hydrogen-bond donors (Lipinski definition) is 7. The van der Waals surface area contributed by atoms with Gasteiger partial charge in [0, 0.05) is 0 Å². The minimum atomic E-state index is -4.67. The van der Waals surface area contributed by atoms with E-state index >= 15 is 0 Å². The maximum atomic E-state index is 8.74.